The average molecular weight is 483 g/mol. The molecule has 0 saturated heterocycles. The molecule has 1 fully saturated rings. The van der Waals surface area contributed by atoms with E-state index >= 15 is 0 Å². The molecule has 10 heteroatoms. The molecule has 2 aromatic carbocycles. The summed E-state index contributed by atoms with van der Waals surface area (Å²) in [6, 6.07) is 5.97. The van der Waals surface area contributed by atoms with Crippen molar-refractivity contribution < 1.29 is 23.1 Å². The van der Waals surface area contributed by atoms with Crippen LogP contribution in [0.3, 0.4) is 0 Å². The predicted octanol–water partition coefficient (Wildman–Crippen LogP) is 3.94. The number of hydrogen-bond acceptors (Lipinski definition) is 4. The summed E-state index contributed by atoms with van der Waals surface area (Å²) in [6.07, 6.45) is 5.48. The lowest BCUT2D eigenvalue weighted by Gasteiger charge is -2.28. The van der Waals surface area contributed by atoms with Crippen molar-refractivity contribution in [3.05, 3.63) is 71.4 Å². The second-order valence-corrected chi connectivity index (χ2v) is 8.90. The van der Waals surface area contributed by atoms with Gasteiger partial charge in [-0.25, -0.2) is 13.2 Å². The lowest BCUT2D eigenvalue weighted by Crippen LogP contribution is -2.45. The maximum absolute atomic E-state index is 15.0. The molecule has 0 radical (unpaired) electrons. The third-order valence-electron chi connectivity index (χ3n) is 6.47. The summed E-state index contributed by atoms with van der Waals surface area (Å²) >= 11 is 0. The van der Waals surface area contributed by atoms with Gasteiger partial charge in [-0.1, -0.05) is 25.0 Å². The number of benzene rings is 2. The normalized spacial score (nSPS) is 18.2. The summed E-state index contributed by atoms with van der Waals surface area (Å²) in [7, 11) is 1.76. The van der Waals surface area contributed by atoms with Crippen LogP contribution in [0, 0.1) is 17.5 Å². The van der Waals surface area contributed by atoms with Crippen LogP contribution in [0.4, 0.5) is 13.2 Å². The molecule has 2 aromatic heterocycles. The molecule has 1 amide bonds. The van der Waals surface area contributed by atoms with Crippen molar-refractivity contribution in [2.75, 3.05) is 0 Å². The summed E-state index contributed by atoms with van der Waals surface area (Å²) in [5, 5.41) is 20.9. The van der Waals surface area contributed by atoms with E-state index in [-0.39, 0.29) is 28.7 Å². The highest BCUT2D eigenvalue weighted by Gasteiger charge is 2.29. The zero-order valence-electron chi connectivity index (χ0n) is 19.0. The molecule has 0 spiro atoms. The molecule has 7 nitrogen and oxygen atoms in total. The Morgan fingerprint density at radius 1 is 1.09 bits per heavy atom. The number of aromatic nitrogens is 4. The molecular weight excluding hydrogens is 459 g/mol. The van der Waals surface area contributed by atoms with Crippen LogP contribution < -0.4 is 5.32 Å². The zero-order valence-corrected chi connectivity index (χ0v) is 19.0. The summed E-state index contributed by atoms with van der Waals surface area (Å²) < 4.78 is 47.3. The third-order valence-corrected chi connectivity index (χ3v) is 6.47. The number of rotatable bonds is 5. The van der Waals surface area contributed by atoms with Gasteiger partial charge in [0, 0.05) is 24.4 Å². The minimum Gasteiger partial charge on any atom is -0.391 e. The van der Waals surface area contributed by atoms with Gasteiger partial charge in [-0.15, -0.1) is 0 Å². The number of hydrogen-bond donors (Lipinski definition) is 2. The number of aliphatic hydroxyl groups is 1. The van der Waals surface area contributed by atoms with Gasteiger partial charge >= 0.3 is 0 Å². The number of amides is 1. The Bertz CT molecular complexity index is 1410. The van der Waals surface area contributed by atoms with E-state index in [4.69, 9.17) is 0 Å². The van der Waals surface area contributed by atoms with E-state index in [1.165, 1.54) is 6.07 Å². The molecule has 5 rings (SSSR count). The number of nitrogens with zero attached hydrogens (tertiary/aromatic N) is 4. The number of carbonyl (C=O) groups is 1. The lowest BCUT2D eigenvalue weighted by atomic mass is 9.92. The van der Waals surface area contributed by atoms with Gasteiger partial charge < -0.3 is 10.4 Å². The Morgan fingerprint density at radius 2 is 1.86 bits per heavy atom. The molecule has 2 heterocycles. The lowest BCUT2D eigenvalue weighted by molar-refractivity contribution is 0.0714. The van der Waals surface area contributed by atoms with Crippen molar-refractivity contribution >= 4 is 16.8 Å². The summed E-state index contributed by atoms with van der Waals surface area (Å²) in [6.45, 7) is -0.213. The van der Waals surface area contributed by atoms with Crippen LogP contribution >= 0.6 is 0 Å². The van der Waals surface area contributed by atoms with Gasteiger partial charge in [-0.2, -0.15) is 10.2 Å². The standard InChI is InChI=1S/C25H24F3N5O2/c1-32-12-16(11-29-32)14-6-7-15(19(28)10-14)13-33-24-18(27)9-8-17(26)22(24)23(31-33)25(35)30-20-4-2-3-5-21(20)34/h6-12,20-21,34H,2-5,13H2,1H3,(H,30,35)/t20?,21-/m0/s1. The number of nitrogens with one attached hydrogen (secondary N) is 1. The molecule has 1 aliphatic carbocycles. The Hall–Kier alpha value is -3.66. The van der Waals surface area contributed by atoms with Gasteiger partial charge in [0.15, 0.2) is 5.69 Å². The van der Waals surface area contributed by atoms with Crippen molar-refractivity contribution in [2.24, 2.45) is 7.05 Å². The zero-order chi connectivity index (χ0) is 24.7. The summed E-state index contributed by atoms with van der Waals surface area (Å²) in [4.78, 5) is 13.0. The first kappa shape index (κ1) is 23.1. The second-order valence-electron chi connectivity index (χ2n) is 8.90. The predicted molar refractivity (Wildman–Crippen MR) is 123 cm³/mol. The molecule has 0 bridgehead atoms. The van der Waals surface area contributed by atoms with Crippen molar-refractivity contribution in [2.45, 2.75) is 44.4 Å². The van der Waals surface area contributed by atoms with Gasteiger partial charge in [0.25, 0.3) is 5.91 Å². The quantitative estimate of drug-likeness (QED) is 0.451. The molecule has 1 aliphatic rings. The largest absolute Gasteiger partial charge is 0.391 e. The van der Waals surface area contributed by atoms with E-state index < -0.39 is 35.5 Å². The molecule has 182 valence electrons. The molecule has 0 aliphatic heterocycles. The van der Waals surface area contributed by atoms with Crippen LogP contribution in [0.15, 0.2) is 42.7 Å². The van der Waals surface area contributed by atoms with E-state index in [1.807, 2.05) is 0 Å². The summed E-state index contributed by atoms with van der Waals surface area (Å²) in [5.74, 6) is -2.85. The van der Waals surface area contributed by atoms with Crippen LogP contribution in [0.5, 0.6) is 0 Å². The summed E-state index contributed by atoms with van der Waals surface area (Å²) in [5.41, 5.74) is 1.02. The second kappa shape index (κ2) is 9.18. The van der Waals surface area contributed by atoms with Crippen LogP contribution in [0.2, 0.25) is 0 Å². The Balaban J connectivity index is 1.50. The third kappa shape index (κ3) is 4.41. The van der Waals surface area contributed by atoms with Gasteiger partial charge in [0.1, 0.15) is 23.0 Å². The molecule has 4 aromatic rings. The first-order valence-electron chi connectivity index (χ1n) is 11.4. The smallest absolute Gasteiger partial charge is 0.272 e. The van der Waals surface area contributed by atoms with Gasteiger partial charge in [-0.05, 0) is 36.6 Å². The van der Waals surface area contributed by atoms with Crippen molar-refractivity contribution in [1.29, 1.82) is 0 Å². The highest BCUT2D eigenvalue weighted by Crippen LogP contribution is 2.28. The Morgan fingerprint density at radius 3 is 2.57 bits per heavy atom. The molecule has 2 atom stereocenters. The van der Waals surface area contributed by atoms with Crippen molar-refractivity contribution in [3.63, 3.8) is 0 Å². The SMILES string of the molecule is Cn1cc(-c2ccc(Cn3nc(C(=O)NC4CCCC[C@@H]4O)c4c(F)ccc(F)c43)c(F)c2)cn1. The number of fused-ring (bicyclic) bond motifs is 1. The number of carbonyl (C=O) groups excluding carboxylic acids is 1. The minimum absolute atomic E-state index is 0.195. The number of aryl methyl sites for hydroxylation is 1. The fraction of sp³-hybridized carbons (Fsp3) is 0.320. The fourth-order valence-electron chi connectivity index (χ4n) is 4.62. The van der Waals surface area contributed by atoms with Crippen LogP contribution in [0.25, 0.3) is 22.0 Å². The van der Waals surface area contributed by atoms with E-state index in [0.29, 0.717) is 18.4 Å². The van der Waals surface area contributed by atoms with Crippen molar-refractivity contribution in [1.82, 2.24) is 24.9 Å². The van der Waals surface area contributed by atoms with Crippen LogP contribution in [-0.2, 0) is 13.6 Å². The molecule has 1 saturated carbocycles. The van der Waals surface area contributed by atoms with Crippen molar-refractivity contribution in [3.8, 4) is 11.1 Å². The van der Waals surface area contributed by atoms with Crippen LogP contribution in [0.1, 0.15) is 41.7 Å². The maximum Gasteiger partial charge on any atom is 0.272 e. The molecule has 2 N–H and O–H groups in total. The topological polar surface area (TPSA) is 85.0 Å². The van der Waals surface area contributed by atoms with Gasteiger partial charge in [0.2, 0.25) is 0 Å². The average Bonchev–Trinajstić information content (AvgIpc) is 3.44. The van der Waals surface area contributed by atoms with Gasteiger partial charge in [0.05, 0.1) is 30.3 Å². The first-order chi connectivity index (χ1) is 16.8. The molecule has 1 unspecified atom stereocenters. The monoisotopic (exact) mass is 483 g/mol. The van der Waals surface area contributed by atoms with E-state index in [9.17, 15) is 23.1 Å². The van der Waals surface area contributed by atoms with E-state index in [2.05, 4.69) is 15.5 Å². The highest BCUT2D eigenvalue weighted by atomic mass is 19.1. The Labute approximate surface area is 199 Å². The molecular formula is C25H24F3N5O2. The Kier molecular flexibility index (Phi) is 6.06. The number of halogens is 3. The minimum atomic E-state index is -0.811. The number of aliphatic hydroxyl groups excluding tert-OH is 1. The fourth-order valence-corrected chi connectivity index (χ4v) is 4.62. The first-order valence-corrected chi connectivity index (χ1v) is 11.4. The van der Waals surface area contributed by atoms with Crippen LogP contribution in [-0.4, -0.2) is 42.7 Å². The van der Waals surface area contributed by atoms with E-state index in [0.717, 1.165) is 35.2 Å². The molecule has 35 heavy (non-hydrogen) atoms. The van der Waals surface area contributed by atoms with E-state index in [1.54, 1.807) is 36.3 Å². The maximum atomic E-state index is 15.0. The highest BCUT2D eigenvalue weighted by molar-refractivity contribution is 6.05. The van der Waals surface area contributed by atoms with Gasteiger partial charge in [-0.3, -0.25) is 14.2 Å².